The summed E-state index contributed by atoms with van der Waals surface area (Å²) in [5.41, 5.74) is 1.93. The molecule has 0 bridgehead atoms. The van der Waals surface area contributed by atoms with Gasteiger partial charge < -0.3 is 9.47 Å². The van der Waals surface area contributed by atoms with Crippen LogP contribution in [-0.4, -0.2) is 24.1 Å². The van der Waals surface area contributed by atoms with Gasteiger partial charge in [-0.05, 0) is 80.6 Å². The van der Waals surface area contributed by atoms with E-state index in [2.05, 4.69) is 19.9 Å². The van der Waals surface area contributed by atoms with Gasteiger partial charge in [0.05, 0.1) is 0 Å². The lowest BCUT2D eigenvalue weighted by atomic mass is 9.47. The van der Waals surface area contributed by atoms with Crippen LogP contribution in [0.15, 0.2) is 11.6 Å². The van der Waals surface area contributed by atoms with E-state index in [1.165, 1.54) is 31.8 Å². The number of rotatable bonds is 2. The maximum absolute atomic E-state index is 11.6. The van der Waals surface area contributed by atoms with Gasteiger partial charge in [-0.2, -0.15) is 0 Å². The number of allylic oxidation sites excluding steroid dienone is 1. The molecule has 3 fully saturated rings. The Morgan fingerprint density at radius 1 is 0.926 bits per heavy atom. The van der Waals surface area contributed by atoms with Crippen LogP contribution in [0.3, 0.4) is 0 Å². The second-order valence-electron chi connectivity index (χ2n) is 9.93. The predicted molar refractivity (Wildman–Crippen MR) is 103 cm³/mol. The second-order valence-corrected chi connectivity index (χ2v) is 9.93. The molecular formula is C23H34O4. The zero-order valence-electron chi connectivity index (χ0n) is 17.3. The minimum Gasteiger partial charge on any atom is -0.462 e. The Balaban J connectivity index is 1.56. The third-order valence-electron chi connectivity index (χ3n) is 8.61. The monoisotopic (exact) mass is 374 g/mol. The van der Waals surface area contributed by atoms with Crippen molar-refractivity contribution in [2.24, 2.45) is 28.6 Å². The molecule has 0 aromatic heterocycles. The smallest absolute Gasteiger partial charge is 0.303 e. The molecule has 0 saturated heterocycles. The van der Waals surface area contributed by atoms with Crippen LogP contribution in [-0.2, 0) is 19.1 Å². The van der Waals surface area contributed by atoms with Crippen LogP contribution in [0.25, 0.3) is 0 Å². The lowest BCUT2D eigenvalue weighted by Crippen LogP contribution is -2.52. The summed E-state index contributed by atoms with van der Waals surface area (Å²) in [6.07, 6.45) is 11.4. The van der Waals surface area contributed by atoms with E-state index in [9.17, 15) is 9.59 Å². The number of hydrogen-bond donors (Lipinski definition) is 0. The molecule has 4 rings (SSSR count). The Kier molecular flexibility index (Phi) is 4.67. The SMILES string of the molecule is CC(=O)O[C@H]1CC[C@H]2[C@@H]3CCC4=C[C@H](OC(C)=O)CC[C@]4(C)[C@H]3CC[C@]12C. The van der Waals surface area contributed by atoms with Gasteiger partial charge in [0.25, 0.3) is 0 Å². The summed E-state index contributed by atoms with van der Waals surface area (Å²) >= 11 is 0. The molecule has 27 heavy (non-hydrogen) atoms. The maximum atomic E-state index is 11.6. The van der Waals surface area contributed by atoms with Gasteiger partial charge in [-0.1, -0.05) is 19.4 Å². The van der Waals surface area contributed by atoms with Crippen LogP contribution in [0.5, 0.6) is 0 Å². The van der Waals surface area contributed by atoms with Crippen molar-refractivity contribution in [3.05, 3.63) is 11.6 Å². The van der Waals surface area contributed by atoms with Gasteiger partial charge in [0, 0.05) is 19.3 Å². The first-order chi connectivity index (χ1) is 12.7. The third-order valence-corrected chi connectivity index (χ3v) is 8.61. The molecule has 0 aromatic carbocycles. The van der Waals surface area contributed by atoms with E-state index < -0.39 is 0 Å². The summed E-state index contributed by atoms with van der Waals surface area (Å²) in [6.45, 7) is 7.88. The van der Waals surface area contributed by atoms with Crippen LogP contribution >= 0.6 is 0 Å². The normalized spacial score (nSPS) is 45.8. The number of ether oxygens (including phenoxy) is 2. The molecule has 4 aliphatic rings. The van der Waals surface area contributed by atoms with Crippen molar-refractivity contribution in [1.29, 1.82) is 0 Å². The zero-order valence-corrected chi connectivity index (χ0v) is 17.3. The van der Waals surface area contributed by atoms with Crippen LogP contribution in [0.4, 0.5) is 0 Å². The molecule has 4 nitrogen and oxygen atoms in total. The predicted octanol–water partition coefficient (Wildman–Crippen LogP) is 4.81. The van der Waals surface area contributed by atoms with Gasteiger partial charge in [0.2, 0.25) is 0 Å². The molecule has 0 aromatic rings. The summed E-state index contributed by atoms with van der Waals surface area (Å²) < 4.78 is 11.2. The Morgan fingerprint density at radius 3 is 2.37 bits per heavy atom. The number of carbonyl (C=O) groups is 2. The van der Waals surface area contributed by atoms with E-state index >= 15 is 0 Å². The van der Waals surface area contributed by atoms with E-state index in [1.807, 2.05) is 0 Å². The lowest BCUT2D eigenvalue weighted by Gasteiger charge is -2.58. The van der Waals surface area contributed by atoms with Crippen LogP contribution in [0.1, 0.15) is 79.1 Å². The van der Waals surface area contributed by atoms with Crippen molar-refractivity contribution >= 4 is 11.9 Å². The fourth-order valence-electron chi connectivity index (χ4n) is 7.35. The number of fused-ring (bicyclic) bond motifs is 5. The van der Waals surface area contributed by atoms with Crippen LogP contribution in [0, 0.1) is 28.6 Å². The first kappa shape index (κ1) is 19.0. The van der Waals surface area contributed by atoms with Crippen molar-refractivity contribution in [2.75, 3.05) is 0 Å². The molecule has 0 spiro atoms. The van der Waals surface area contributed by atoms with Gasteiger partial charge >= 0.3 is 11.9 Å². The average Bonchev–Trinajstić information content (AvgIpc) is 2.91. The highest BCUT2D eigenvalue weighted by Gasteiger charge is 2.59. The largest absolute Gasteiger partial charge is 0.462 e. The summed E-state index contributed by atoms with van der Waals surface area (Å²) in [4.78, 5) is 22.9. The maximum Gasteiger partial charge on any atom is 0.303 e. The van der Waals surface area contributed by atoms with E-state index in [0.717, 1.165) is 38.0 Å². The number of carbonyl (C=O) groups excluding carboxylic acids is 2. The van der Waals surface area contributed by atoms with Crippen molar-refractivity contribution < 1.29 is 19.1 Å². The molecule has 0 N–H and O–H groups in total. The fourth-order valence-corrected chi connectivity index (χ4v) is 7.35. The van der Waals surface area contributed by atoms with Crippen LogP contribution in [0.2, 0.25) is 0 Å². The highest BCUT2D eigenvalue weighted by Crippen LogP contribution is 2.65. The summed E-state index contributed by atoms with van der Waals surface area (Å²) in [5.74, 6) is 1.81. The molecule has 0 radical (unpaired) electrons. The summed E-state index contributed by atoms with van der Waals surface area (Å²) in [6, 6.07) is 0. The Labute approximate surface area is 163 Å². The highest BCUT2D eigenvalue weighted by atomic mass is 16.5. The Bertz CT molecular complexity index is 667. The van der Waals surface area contributed by atoms with Gasteiger partial charge in [0.15, 0.2) is 0 Å². The molecule has 150 valence electrons. The van der Waals surface area contributed by atoms with Gasteiger partial charge in [-0.3, -0.25) is 9.59 Å². The van der Waals surface area contributed by atoms with E-state index in [-0.39, 0.29) is 35.0 Å². The van der Waals surface area contributed by atoms with Gasteiger partial charge in [-0.15, -0.1) is 0 Å². The van der Waals surface area contributed by atoms with E-state index in [0.29, 0.717) is 11.8 Å². The molecule has 3 saturated carbocycles. The molecule has 4 heteroatoms. The standard InChI is InChI=1S/C23H34O4/c1-14(24)26-17-9-11-22(3)16(13-17)5-6-18-19-7-8-21(27-15(2)25)23(19,4)12-10-20(18)22/h13,17-21H,5-12H2,1-4H3/t17-,18+,19+,20+,21+,22+,23+/m1/s1. The molecule has 7 atom stereocenters. The van der Waals surface area contributed by atoms with Crippen molar-refractivity contribution in [3.63, 3.8) is 0 Å². The van der Waals surface area contributed by atoms with Gasteiger partial charge in [-0.25, -0.2) is 0 Å². The van der Waals surface area contributed by atoms with Crippen molar-refractivity contribution in [1.82, 2.24) is 0 Å². The first-order valence-electron chi connectivity index (χ1n) is 10.8. The Morgan fingerprint density at radius 2 is 1.67 bits per heavy atom. The van der Waals surface area contributed by atoms with Crippen molar-refractivity contribution in [2.45, 2.75) is 91.3 Å². The molecule has 0 heterocycles. The topological polar surface area (TPSA) is 52.6 Å². The quantitative estimate of drug-likeness (QED) is 0.514. The number of hydrogen-bond acceptors (Lipinski definition) is 4. The van der Waals surface area contributed by atoms with Crippen LogP contribution < -0.4 is 0 Å². The number of esters is 2. The summed E-state index contributed by atoms with van der Waals surface area (Å²) in [5, 5.41) is 0. The minimum atomic E-state index is -0.176. The van der Waals surface area contributed by atoms with E-state index in [1.54, 1.807) is 6.92 Å². The lowest BCUT2D eigenvalue weighted by molar-refractivity contribution is -0.157. The average molecular weight is 375 g/mol. The van der Waals surface area contributed by atoms with Gasteiger partial charge in [0.1, 0.15) is 12.2 Å². The first-order valence-corrected chi connectivity index (χ1v) is 10.8. The highest BCUT2D eigenvalue weighted by molar-refractivity contribution is 5.66. The molecule has 0 aliphatic heterocycles. The molecule has 4 aliphatic carbocycles. The molecular weight excluding hydrogens is 340 g/mol. The zero-order chi connectivity index (χ0) is 19.4. The van der Waals surface area contributed by atoms with E-state index in [4.69, 9.17) is 9.47 Å². The summed E-state index contributed by atoms with van der Waals surface area (Å²) in [7, 11) is 0. The second kappa shape index (κ2) is 6.63. The minimum absolute atomic E-state index is 0.0317. The molecule has 0 amide bonds. The van der Waals surface area contributed by atoms with Crippen molar-refractivity contribution in [3.8, 4) is 0 Å². The Hall–Kier alpha value is -1.32. The fraction of sp³-hybridized carbons (Fsp3) is 0.826. The third kappa shape index (κ3) is 3.03. The molecule has 0 unspecified atom stereocenters.